The van der Waals surface area contributed by atoms with Crippen molar-refractivity contribution in [2.45, 2.75) is 51.5 Å². The largest absolute Gasteiger partial charge is 0.316 e. The van der Waals surface area contributed by atoms with Gasteiger partial charge in [0.15, 0.2) is 0 Å². The molecular weight excluding hydrogens is 262 g/mol. The molecule has 1 aliphatic heterocycles. The Hall–Kier alpha value is -0.170. The summed E-state index contributed by atoms with van der Waals surface area (Å²) in [7, 11) is -3.29. The molecule has 1 saturated heterocycles. The first kappa shape index (κ1) is 15.2. The zero-order chi connectivity index (χ0) is 13.9. The minimum atomic E-state index is -3.29. The predicted octanol–water partition coefficient (Wildman–Crippen LogP) is 1.08. The van der Waals surface area contributed by atoms with E-state index in [2.05, 4.69) is 17.0 Å². The van der Waals surface area contributed by atoms with E-state index in [9.17, 15) is 8.42 Å². The van der Waals surface area contributed by atoms with Gasteiger partial charge in [-0.05, 0) is 58.0 Å². The van der Waals surface area contributed by atoms with Crippen molar-refractivity contribution in [1.29, 1.82) is 0 Å². The second-order valence-corrected chi connectivity index (χ2v) is 7.91. The van der Waals surface area contributed by atoms with Crippen LogP contribution in [0, 0.1) is 5.92 Å². The summed E-state index contributed by atoms with van der Waals surface area (Å²) in [6.45, 7) is 7.38. The van der Waals surface area contributed by atoms with Crippen molar-refractivity contribution >= 4 is 10.2 Å². The van der Waals surface area contributed by atoms with Crippen molar-refractivity contribution in [3.63, 3.8) is 0 Å². The summed E-state index contributed by atoms with van der Waals surface area (Å²) >= 11 is 0. The van der Waals surface area contributed by atoms with Crippen molar-refractivity contribution in [1.82, 2.24) is 14.3 Å². The lowest BCUT2D eigenvalue weighted by Crippen LogP contribution is -2.50. The van der Waals surface area contributed by atoms with Crippen LogP contribution >= 0.6 is 0 Å². The van der Waals surface area contributed by atoms with Crippen LogP contribution in [0.25, 0.3) is 0 Å². The molecule has 0 aromatic rings. The molecule has 0 aromatic heterocycles. The molecule has 1 saturated carbocycles. The zero-order valence-electron chi connectivity index (χ0n) is 12.1. The number of hydrogen-bond donors (Lipinski definition) is 2. The summed E-state index contributed by atoms with van der Waals surface area (Å²) in [6.07, 6.45) is 5.13. The Kier molecular flexibility index (Phi) is 4.87. The van der Waals surface area contributed by atoms with Gasteiger partial charge < -0.3 is 5.32 Å². The third-order valence-electron chi connectivity index (χ3n) is 4.06. The van der Waals surface area contributed by atoms with Crippen LogP contribution in [0.15, 0.2) is 0 Å². The first-order valence-corrected chi connectivity index (χ1v) is 8.89. The SMILES string of the molecule is CCCNCC1CCCN(S(=O)(=O)NC2(C)CC2)C1. The Labute approximate surface area is 117 Å². The molecule has 5 nitrogen and oxygen atoms in total. The molecule has 1 unspecified atom stereocenters. The van der Waals surface area contributed by atoms with Gasteiger partial charge >= 0.3 is 0 Å². The molecule has 0 bridgehead atoms. The van der Waals surface area contributed by atoms with Crippen LogP contribution in [-0.4, -0.2) is 44.4 Å². The summed E-state index contributed by atoms with van der Waals surface area (Å²) in [5.41, 5.74) is -0.174. The quantitative estimate of drug-likeness (QED) is 0.690. The highest BCUT2D eigenvalue weighted by Gasteiger charge is 2.43. The summed E-state index contributed by atoms with van der Waals surface area (Å²) < 4.78 is 29.1. The normalized spacial score (nSPS) is 27.4. The Balaban J connectivity index is 1.85. The van der Waals surface area contributed by atoms with E-state index in [0.29, 0.717) is 19.0 Å². The standard InChI is InChI=1S/C13H27N3O2S/c1-3-8-14-10-12-5-4-9-16(11-12)19(17,18)15-13(2)6-7-13/h12,14-15H,3-11H2,1-2H3. The topological polar surface area (TPSA) is 61.4 Å². The molecule has 1 atom stereocenters. The zero-order valence-corrected chi connectivity index (χ0v) is 12.9. The van der Waals surface area contributed by atoms with Crippen LogP contribution < -0.4 is 10.0 Å². The maximum atomic E-state index is 12.3. The van der Waals surface area contributed by atoms with Gasteiger partial charge in [-0.15, -0.1) is 0 Å². The molecule has 2 fully saturated rings. The van der Waals surface area contributed by atoms with Crippen LogP contribution in [0.2, 0.25) is 0 Å². The monoisotopic (exact) mass is 289 g/mol. The lowest BCUT2D eigenvalue weighted by Gasteiger charge is -2.33. The van der Waals surface area contributed by atoms with Gasteiger partial charge in [-0.1, -0.05) is 6.92 Å². The number of hydrogen-bond acceptors (Lipinski definition) is 3. The molecule has 112 valence electrons. The van der Waals surface area contributed by atoms with E-state index in [1.165, 1.54) is 0 Å². The minimum Gasteiger partial charge on any atom is -0.316 e. The smallest absolute Gasteiger partial charge is 0.279 e. The average Bonchev–Trinajstić information content (AvgIpc) is 3.06. The van der Waals surface area contributed by atoms with Crippen molar-refractivity contribution < 1.29 is 8.42 Å². The molecule has 19 heavy (non-hydrogen) atoms. The first-order valence-electron chi connectivity index (χ1n) is 7.45. The van der Waals surface area contributed by atoms with Crippen LogP contribution in [0.5, 0.6) is 0 Å². The number of rotatable bonds is 7. The van der Waals surface area contributed by atoms with E-state index >= 15 is 0 Å². The molecule has 1 aliphatic carbocycles. The summed E-state index contributed by atoms with van der Waals surface area (Å²) in [6, 6.07) is 0. The highest BCUT2D eigenvalue weighted by molar-refractivity contribution is 7.87. The first-order chi connectivity index (χ1) is 8.95. The lowest BCUT2D eigenvalue weighted by molar-refractivity contribution is 0.256. The fourth-order valence-corrected chi connectivity index (χ4v) is 4.29. The number of nitrogens with one attached hydrogen (secondary N) is 2. The Morgan fingerprint density at radius 2 is 2.11 bits per heavy atom. The Morgan fingerprint density at radius 3 is 2.74 bits per heavy atom. The van der Waals surface area contributed by atoms with E-state index in [4.69, 9.17) is 0 Å². The molecule has 0 amide bonds. The summed E-state index contributed by atoms with van der Waals surface area (Å²) in [4.78, 5) is 0. The van der Waals surface area contributed by atoms with Gasteiger partial charge in [0.25, 0.3) is 10.2 Å². The lowest BCUT2D eigenvalue weighted by atomic mass is 10.00. The molecule has 2 aliphatic rings. The third kappa shape index (κ3) is 4.41. The van der Waals surface area contributed by atoms with Crippen LogP contribution in [0.4, 0.5) is 0 Å². The molecule has 1 heterocycles. The van der Waals surface area contributed by atoms with Gasteiger partial charge in [-0.25, -0.2) is 0 Å². The van der Waals surface area contributed by atoms with Gasteiger partial charge in [-0.3, -0.25) is 0 Å². The predicted molar refractivity (Wildman–Crippen MR) is 77.2 cm³/mol. The second-order valence-electron chi connectivity index (χ2n) is 6.24. The summed E-state index contributed by atoms with van der Waals surface area (Å²) in [5, 5.41) is 3.40. The minimum absolute atomic E-state index is 0.174. The maximum absolute atomic E-state index is 12.3. The Bertz CT molecular complexity index is 393. The molecular formula is C13H27N3O2S. The van der Waals surface area contributed by atoms with Crippen LogP contribution in [0.1, 0.15) is 46.0 Å². The van der Waals surface area contributed by atoms with E-state index < -0.39 is 10.2 Å². The summed E-state index contributed by atoms with van der Waals surface area (Å²) in [5.74, 6) is 0.448. The Morgan fingerprint density at radius 1 is 1.37 bits per heavy atom. The number of nitrogens with zero attached hydrogens (tertiary/aromatic N) is 1. The molecule has 6 heteroatoms. The van der Waals surface area contributed by atoms with Crippen molar-refractivity contribution in [2.24, 2.45) is 5.92 Å². The van der Waals surface area contributed by atoms with Gasteiger partial charge in [0.2, 0.25) is 0 Å². The third-order valence-corrected chi connectivity index (χ3v) is 5.82. The molecule has 0 radical (unpaired) electrons. The van der Waals surface area contributed by atoms with Gasteiger partial charge in [0.05, 0.1) is 0 Å². The van der Waals surface area contributed by atoms with Gasteiger partial charge in [0, 0.05) is 18.6 Å². The van der Waals surface area contributed by atoms with E-state index in [0.717, 1.165) is 45.2 Å². The fraction of sp³-hybridized carbons (Fsp3) is 1.00. The van der Waals surface area contributed by atoms with Crippen molar-refractivity contribution in [3.8, 4) is 0 Å². The van der Waals surface area contributed by atoms with Gasteiger partial charge in [-0.2, -0.15) is 17.4 Å². The maximum Gasteiger partial charge on any atom is 0.279 e. The number of piperidine rings is 1. The van der Waals surface area contributed by atoms with E-state index in [-0.39, 0.29) is 5.54 Å². The second kappa shape index (κ2) is 6.08. The van der Waals surface area contributed by atoms with E-state index in [1.807, 2.05) is 6.92 Å². The van der Waals surface area contributed by atoms with Crippen molar-refractivity contribution in [2.75, 3.05) is 26.2 Å². The molecule has 2 rings (SSSR count). The molecule has 0 aromatic carbocycles. The van der Waals surface area contributed by atoms with Crippen LogP contribution in [0.3, 0.4) is 0 Å². The molecule has 0 spiro atoms. The molecule has 2 N–H and O–H groups in total. The van der Waals surface area contributed by atoms with Crippen molar-refractivity contribution in [3.05, 3.63) is 0 Å². The average molecular weight is 289 g/mol. The fourth-order valence-electron chi connectivity index (χ4n) is 2.56. The van der Waals surface area contributed by atoms with E-state index in [1.54, 1.807) is 4.31 Å². The highest BCUT2D eigenvalue weighted by atomic mass is 32.2. The van der Waals surface area contributed by atoms with Crippen LogP contribution in [-0.2, 0) is 10.2 Å². The highest BCUT2D eigenvalue weighted by Crippen LogP contribution is 2.35. The van der Waals surface area contributed by atoms with Gasteiger partial charge in [0.1, 0.15) is 0 Å².